The standard InChI is InChI=1S/C26H18ClF2N5O/c27-19-8-4-17(5-9-19)22-15-23(18-6-12-21(29)13-7-18)34-26(30-22)32-25(33-34)31-24(35)14-3-16-1-10-20(28)11-2-16/h1-15,23H,(H2,30,31,32,33,35). The molecule has 35 heavy (non-hydrogen) atoms. The topological polar surface area (TPSA) is 71.8 Å². The Hall–Kier alpha value is -4.30. The Morgan fingerprint density at radius 1 is 0.971 bits per heavy atom. The highest BCUT2D eigenvalue weighted by Crippen LogP contribution is 2.33. The molecule has 0 fully saturated rings. The molecule has 0 spiro atoms. The molecule has 1 atom stereocenters. The van der Waals surface area contributed by atoms with Gasteiger partial charge in [-0.05, 0) is 65.2 Å². The van der Waals surface area contributed by atoms with Gasteiger partial charge in [-0.3, -0.25) is 10.1 Å². The smallest absolute Gasteiger partial charge is 0.250 e. The lowest BCUT2D eigenvalue weighted by molar-refractivity contribution is -0.111. The molecule has 2 N–H and O–H groups in total. The first-order valence-corrected chi connectivity index (χ1v) is 11.0. The summed E-state index contributed by atoms with van der Waals surface area (Å²) in [5.41, 5.74) is 3.11. The molecule has 1 unspecified atom stereocenters. The maximum absolute atomic E-state index is 13.5. The van der Waals surface area contributed by atoms with E-state index in [4.69, 9.17) is 11.6 Å². The summed E-state index contributed by atoms with van der Waals surface area (Å²) in [7, 11) is 0. The number of allylic oxidation sites excluding steroid dienone is 1. The first-order chi connectivity index (χ1) is 16.9. The summed E-state index contributed by atoms with van der Waals surface area (Å²) < 4.78 is 28.2. The Kier molecular flexibility index (Phi) is 6.12. The fraction of sp³-hybridized carbons (Fsp3) is 0.0385. The Labute approximate surface area is 204 Å². The minimum Gasteiger partial charge on any atom is -0.324 e. The van der Waals surface area contributed by atoms with E-state index in [2.05, 4.69) is 20.7 Å². The second-order valence-corrected chi connectivity index (χ2v) is 8.22. The van der Waals surface area contributed by atoms with Crippen molar-refractivity contribution in [1.82, 2.24) is 14.8 Å². The fourth-order valence-corrected chi connectivity index (χ4v) is 3.76. The number of fused-ring (bicyclic) bond motifs is 1. The number of carbonyl (C=O) groups excluding carboxylic acids is 1. The largest absolute Gasteiger partial charge is 0.324 e. The molecule has 6 nitrogen and oxygen atoms in total. The number of carbonyl (C=O) groups is 1. The van der Waals surface area contributed by atoms with Crippen molar-refractivity contribution in [2.45, 2.75) is 6.04 Å². The van der Waals surface area contributed by atoms with Gasteiger partial charge in [0.25, 0.3) is 11.9 Å². The molecule has 0 saturated carbocycles. The Morgan fingerprint density at radius 3 is 2.31 bits per heavy atom. The van der Waals surface area contributed by atoms with Gasteiger partial charge in [0.05, 0.1) is 0 Å². The van der Waals surface area contributed by atoms with E-state index in [0.29, 0.717) is 16.5 Å². The van der Waals surface area contributed by atoms with Crippen molar-refractivity contribution in [3.8, 4) is 0 Å². The van der Waals surface area contributed by atoms with Crippen LogP contribution in [0.15, 0.2) is 84.9 Å². The summed E-state index contributed by atoms with van der Waals surface area (Å²) in [4.78, 5) is 16.9. The number of nitrogens with one attached hydrogen (secondary N) is 2. The van der Waals surface area contributed by atoms with Gasteiger partial charge < -0.3 is 5.32 Å². The van der Waals surface area contributed by atoms with Crippen LogP contribution in [-0.2, 0) is 4.79 Å². The quantitative estimate of drug-likeness (QED) is 0.341. The number of hydrogen-bond acceptors (Lipinski definition) is 4. The molecule has 0 radical (unpaired) electrons. The number of benzene rings is 3. The molecule has 2 heterocycles. The average Bonchev–Trinajstić information content (AvgIpc) is 3.26. The number of amides is 1. The summed E-state index contributed by atoms with van der Waals surface area (Å²) >= 11 is 6.03. The van der Waals surface area contributed by atoms with Crippen LogP contribution in [0.25, 0.3) is 11.8 Å². The summed E-state index contributed by atoms with van der Waals surface area (Å²) in [6.07, 6.45) is 4.82. The molecule has 1 aliphatic heterocycles. The van der Waals surface area contributed by atoms with Gasteiger partial charge in [-0.2, -0.15) is 4.98 Å². The Bertz CT molecular complexity index is 1430. The van der Waals surface area contributed by atoms with Crippen molar-refractivity contribution in [2.75, 3.05) is 10.6 Å². The van der Waals surface area contributed by atoms with Crippen molar-refractivity contribution >= 4 is 41.2 Å². The third-order valence-corrected chi connectivity index (χ3v) is 5.62. The molecule has 4 aromatic rings. The maximum Gasteiger partial charge on any atom is 0.250 e. The predicted molar refractivity (Wildman–Crippen MR) is 132 cm³/mol. The van der Waals surface area contributed by atoms with Crippen LogP contribution in [-0.4, -0.2) is 20.7 Å². The van der Waals surface area contributed by atoms with Crippen molar-refractivity contribution in [2.24, 2.45) is 0 Å². The molecular weight excluding hydrogens is 472 g/mol. The first-order valence-electron chi connectivity index (χ1n) is 10.7. The van der Waals surface area contributed by atoms with E-state index in [1.165, 1.54) is 30.3 Å². The monoisotopic (exact) mass is 489 g/mol. The molecule has 1 aromatic heterocycles. The van der Waals surface area contributed by atoms with Gasteiger partial charge in [0.15, 0.2) is 0 Å². The zero-order valence-electron chi connectivity index (χ0n) is 18.1. The number of nitrogens with zero attached hydrogens (tertiary/aromatic N) is 3. The fourth-order valence-electron chi connectivity index (χ4n) is 3.64. The molecule has 5 rings (SSSR count). The minimum absolute atomic E-state index is 0.0964. The second kappa shape index (κ2) is 9.52. The van der Waals surface area contributed by atoms with E-state index in [0.717, 1.165) is 16.8 Å². The first kappa shape index (κ1) is 22.5. The molecule has 9 heteroatoms. The van der Waals surface area contributed by atoms with Gasteiger partial charge in [0.1, 0.15) is 17.7 Å². The molecule has 0 bridgehead atoms. The molecule has 3 aromatic carbocycles. The SMILES string of the molecule is O=C(C=Cc1ccc(F)cc1)Nc1nc2n(n1)C(c1ccc(F)cc1)C=C(c1ccc(Cl)cc1)N2. The highest BCUT2D eigenvalue weighted by molar-refractivity contribution is 6.30. The summed E-state index contributed by atoms with van der Waals surface area (Å²) in [5.74, 6) is -0.635. The summed E-state index contributed by atoms with van der Waals surface area (Å²) in [5, 5.41) is 10.9. The van der Waals surface area contributed by atoms with E-state index in [-0.39, 0.29) is 17.6 Å². The molecule has 1 aliphatic rings. The molecule has 174 valence electrons. The maximum atomic E-state index is 13.5. The van der Waals surface area contributed by atoms with E-state index >= 15 is 0 Å². The van der Waals surface area contributed by atoms with Crippen molar-refractivity contribution in [3.63, 3.8) is 0 Å². The van der Waals surface area contributed by atoms with E-state index in [1.54, 1.807) is 47.2 Å². The lowest BCUT2D eigenvalue weighted by Crippen LogP contribution is -2.20. The van der Waals surface area contributed by atoms with Gasteiger partial charge in [-0.1, -0.05) is 48.0 Å². The number of hydrogen-bond donors (Lipinski definition) is 2. The average molecular weight is 490 g/mol. The third-order valence-electron chi connectivity index (χ3n) is 5.36. The van der Waals surface area contributed by atoms with Gasteiger partial charge in [-0.15, -0.1) is 5.10 Å². The highest BCUT2D eigenvalue weighted by atomic mass is 35.5. The van der Waals surface area contributed by atoms with E-state index in [1.807, 2.05) is 18.2 Å². The Morgan fingerprint density at radius 2 is 1.63 bits per heavy atom. The van der Waals surface area contributed by atoms with Crippen molar-refractivity contribution < 1.29 is 13.6 Å². The zero-order valence-corrected chi connectivity index (χ0v) is 18.9. The van der Waals surface area contributed by atoms with Gasteiger partial charge in [0, 0.05) is 16.8 Å². The van der Waals surface area contributed by atoms with E-state index < -0.39 is 11.9 Å². The summed E-state index contributed by atoms with van der Waals surface area (Å²) in [6.45, 7) is 0. The second-order valence-electron chi connectivity index (χ2n) is 7.79. The Balaban J connectivity index is 1.42. The van der Waals surface area contributed by atoms with Crippen LogP contribution < -0.4 is 10.6 Å². The molecular formula is C26H18ClF2N5O. The number of anilines is 2. The summed E-state index contributed by atoms with van der Waals surface area (Å²) in [6, 6.07) is 18.8. The molecule has 0 aliphatic carbocycles. The van der Waals surface area contributed by atoms with Crippen LogP contribution in [0.2, 0.25) is 5.02 Å². The van der Waals surface area contributed by atoms with Crippen LogP contribution in [0.1, 0.15) is 22.7 Å². The van der Waals surface area contributed by atoms with Crippen molar-refractivity contribution in [3.05, 3.63) is 118 Å². The predicted octanol–water partition coefficient (Wildman–Crippen LogP) is 5.92. The van der Waals surface area contributed by atoms with Gasteiger partial charge >= 0.3 is 0 Å². The van der Waals surface area contributed by atoms with Gasteiger partial charge in [-0.25, -0.2) is 13.5 Å². The lowest BCUT2D eigenvalue weighted by atomic mass is 10.0. The number of aromatic nitrogens is 3. The van der Waals surface area contributed by atoms with Crippen LogP contribution >= 0.6 is 11.6 Å². The van der Waals surface area contributed by atoms with E-state index in [9.17, 15) is 13.6 Å². The lowest BCUT2D eigenvalue weighted by Gasteiger charge is -2.24. The van der Waals surface area contributed by atoms with Crippen LogP contribution in [0, 0.1) is 11.6 Å². The molecule has 1 amide bonds. The van der Waals surface area contributed by atoms with Crippen LogP contribution in [0.4, 0.5) is 20.7 Å². The van der Waals surface area contributed by atoms with Crippen LogP contribution in [0.5, 0.6) is 0 Å². The number of halogens is 3. The van der Waals surface area contributed by atoms with Crippen LogP contribution in [0.3, 0.4) is 0 Å². The van der Waals surface area contributed by atoms with Crippen molar-refractivity contribution in [1.29, 1.82) is 0 Å². The normalized spacial score (nSPS) is 14.8. The molecule has 0 saturated heterocycles. The van der Waals surface area contributed by atoms with Gasteiger partial charge in [0.2, 0.25) is 5.95 Å². The number of rotatable bonds is 5. The third kappa shape index (κ3) is 5.12. The minimum atomic E-state index is -0.443. The zero-order chi connectivity index (χ0) is 24.4. The highest BCUT2D eigenvalue weighted by Gasteiger charge is 2.25.